The fourth-order valence-electron chi connectivity index (χ4n) is 2.32. The molecule has 6 heteroatoms. The molecule has 0 aromatic carbocycles. The molecule has 1 aromatic heterocycles. The highest BCUT2D eigenvalue weighted by molar-refractivity contribution is 5.77. The molecule has 1 aromatic rings. The van der Waals surface area contributed by atoms with E-state index in [1.807, 2.05) is 17.0 Å². The number of carbonyl (C=O) groups is 2. The Balaban J connectivity index is 1.76. The SMILES string of the molecule is O=C(O)CCCC(=O)N1CCN(c2ccncc2)CC1. The molecule has 0 unspecified atom stereocenters. The van der Waals surface area contributed by atoms with Gasteiger partial charge in [0.25, 0.3) is 0 Å². The molecule has 6 nitrogen and oxygen atoms in total. The molecule has 2 heterocycles. The third kappa shape index (κ3) is 3.94. The first kappa shape index (κ1) is 14.3. The van der Waals surface area contributed by atoms with Crippen LogP contribution < -0.4 is 4.90 Å². The number of aromatic nitrogens is 1. The van der Waals surface area contributed by atoms with E-state index in [-0.39, 0.29) is 12.3 Å². The van der Waals surface area contributed by atoms with E-state index >= 15 is 0 Å². The number of carboxylic acid groups (broad SMARTS) is 1. The lowest BCUT2D eigenvalue weighted by Gasteiger charge is -2.36. The Labute approximate surface area is 118 Å². The highest BCUT2D eigenvalue weighted by Crippen LogP contribution is 2.15. The number of aliphatic carboxylic acids is 1. The van der Waals surface area contributed by atoms with Crippen LogP contribution >= 0.6 is 0 Å². The minimum Gasteiger partial charge on any atom is -0.481 e. The van der Waals surface area contributed by atoms with Crippen molar-refractivity contribution in [2.45, 2.75) is 19.3 Å². The van der Waals surface area contributed by atoms with Gasteiger partial charge in [0.15, 0.2) is 0 Å². The average Bonchev–Trinajstić information content (AvgIpc) is 2.48. The molecule has 0 atom stereocenters. The molecule has 1 fully saturated rings. The number of hydrogen-bond donors (Lipinski definition) is 1. The quantitative estimate of drug-likeness (QED) is 0.868. The van der Waals surface area contributed by atoms with Crippen LogP contribution in [0.2, 0.25) is 0 Å². The van der Waals surface area contributed by atoms with Crippen molar-refractivity contribution < 1.29 is 14.7 Å². The lowest BCUT2D eigenvalue weighted by Crippen LogP contribution is -2.48. The van der Waals surface area contributed by atoms with Crippen molar-refractivity contribution in [2.75, 3.05) is 31.1 Å². The van der Waals surface area contributed by atoms with Gasteiger partial charge in [0.05, 0.1) is 0 Å². The van der Waals surface area contributed by atoms with Crippen LogP contribution in [-0.4, -0.2) is 53.0 Å². The number of piperazine rings is 1. The lowest BCUT2D eigenvalue weighted by molar-refractivity contribution is -0.137. The summed E-state index contributed by atoms with van der Waals surface area (Å²) in [6.45, 7) is 2.98. The molecule has 0 bridgehead atoms. The number of hydrogen-bond acceptors (Lipinski definition) is 4. The lowest BCUT2D eigenvalue weighted by atomic mass is 10.2. The van der Waals surface area contributed by atoms with Gasteiger partial charge in [-0.15, -0.1) is 0 Å². The summed E-state index contributed by atoms with van der Waals surface area (Å²) in [5.41, 5.74) is 1.12. The molecule has 0 spiro atoms. The molecule has 20 heavy (non-hydrogen) atoms. The summed E-state index contributed by atoms with van der Waals surface area (Å²) in [6, 6.07) is 3.93. The van der Waals surface area contributed by atoms with Crippen LogP contribution in [0.15, 0.2) is 24.5 Å². The molecule has 0 aliphatic carbocycles. The van der Waals surface area contributed by atoms with Crippen molar-refractivity contribution in [2.24, 2.45) is 0 Å². The number of rotatable bonds is 5. The maximum atomic E-state index is 11.9. The van der Waals surface area contributed by atoms with Crippen molar-refractivity contribution in [3.8, 4) is 0 Å². The summed E-state index contributed by atoms with van der Waals surface area (Å²) < 4.78 is 0. The molecular weight excluding hydrogens is 258 g/mol. The van der Waals surface area contributed by atoms with Gasteiger partial charge < -0.3 is 14.9 Å². The van der Waals surface area contributed by atoms with Crippen LogP contribution in [0.1, 0.15) is 19.3 Å². The van der Waals surface area contributed by atoms with E-state index in [1.54, 1.807) is 12.4 Å². The largest absolute Gasteiger partial charge is 0.481 e. The Kier molecular flexibility index (Phi) is 4.92. The molecule has 1 aliphatic heterocycles. The smallest absolute Gasteiger partial charge is 0.303 e. The highest BCUT2D eigenvalue weighted by Gasteiger charge is 2.20. The fraction of sp³-hybridized carbons (Fsp3) is 0.500. The number of carbonyl (C=O) groups excluding carboxylic acids is 1. The topological polar surface area (TPSA) is 73.7 Å². The third-order valence-electron chi connectivity index (χ3n) is 3.44. The summed E-state index contributed by atoms with van der Waals surface area (Å²) in [7, 11) is 0. The van der Waals surface area contributed by atoms with Crippen LogP contribution in [0, 0.1) is 0 Å². The van der Waals surface area contributed by atoms with Crippen LogP contribution in [0.3, 0.4) is 0 Å². The maximum Gasteiger partial charge on any atom is 0.303 e. The maximum absolute atomic E-state index is 11.9. The Morgan fingerprint density at radius 1 is 1.10 bits per heavy atom. The van der Waals surface area contributed by atoms with Crippen LogP contribution in [0.4, 0.5) is 5.69 Å². The Morgan fingerprint density at radius 2 is 1.75 bits per heavy atom. The first-order chi connectivity index (χ1) is 9.66. The van der Waals surface area contributed by atoms with Gasteiger partial charge in [0.1, 0.15) is 0 Å². The molecule has 108 valence electrons. The monoisotopic (exact) mass is 277 g/mol. The Hall–Kier alpha value is -2.11. The van der Waals surface area contributed by atoms with E-state index < -0.39 is 5.97 Å². The number of pyridine rings is 1. The zero-order valence-electron chi connectivity index (χ0n) is 11.4. The van der Waals surface area contributed by atoms with Crippen LogP contribution in [-0.2, 0) is 9.59 Å². The standard InChI is InChI=1S/C14H19N3O3/c18-13(2-1-3-14(19)20)17-10-8-16(9-11-17)12-4-6-15-7-5-12/h4-7H,1-3,8-11H2,(H,19,20). The van der Waals surface area contributed by atoms with Crippen molar-refractivity contribution in [3.63, 3.8) is 0 Å². The van der Waals surface area contributed by atoms with Gasteiger partial charge in [-0.25, -0.2) is 0 Å². The fourth-order valence-corrected chi connectivity index (χ4v) is 2.32. The summed E-state index contributed by atoms with van der Waals surface area (Å²) in [5.74, 6) is -0.791. The Morgan fingerprint density at radius 3 is 2.35 bits per heavy atom. The number of carboxylic acids is 1. The summed E-state index contributed by atoms with van der Waals surface area (Å²) in [6.07, 6.45) is 4.32. The van der Waals surface area contributed by atoms with Gasteiger partial charge in [-0.1, -0.05) is 0 Å². The van der Waals surface area contributed by atoms with E-state index in [9.17, 15) is 9.59 Å². The van der Waals surface area contributed by atoms with Gasteiger partial charge in [-0.05, 0) is 18.6 Å². The van der Waals surface area contributed by atoms with Crippen LogP contribution in [0.5, 0.6) is 0 Å². The zero-order valence-corrected chi connectivity index (χ0v) is 11.4. The molecule has 1 N–H and O–H groups in total. The van der Waals surface area contributed by atoms with E-state index in [0.29, 0.717) is 25.9 Å². The summed E-state index contributed by atoms with van der Waals surface area (Å²) in [4.78, 5) is 30.4. The minimum absolute atomic E-state index is 0.0561. The molecule has 1 aliphatic rings. The van der Waals surface area contributed by atoms with Crippen LogP contribution in [0.25, 0.3) is 0 Å². The third-order valence-corrected chi connectivity index (χ3v) is 3.44. The number of anilines is 1. The molecule has 2 rings (SSSR count). The summed E-state index contributed by atoms with van der Waals surface area (Å²) in [5, 5.41) is 8.56. The highest BCUT2D eigenvalue weighted by atomic mass is 16.4. The zero-order chi connectivity index (χ0) is 14.4. The number of nitrogens with zero attached hydrogens (tertiary/aromatic N) is 3. The Bertz CT molecular complexity index is 456. The van der Waals surface area contributed by atoms with Gasteiger partial charge >= 0.3 is 5.97 Å². The first-order valence-electron chi connectivity index (χ1n) is 6.81. The van der Waals surface area contributed by atoms with Crippen molar-refractivity contribution >= 4 is 17.6 Å². The van der Waals surface area contributed by atoms with Gasteiger partial charge in [0, 0.05) is 57.1 Å². The van der Waals surface area contributed by atoms with Gasteiger partial charge in [0.2, 0.25) is 5.91 Å². The minimum atomic E-state index is -0.847. The van der Waals surface area contributed by atoms with Crippen molar-refractivity contribution in [1.82, 2.24) is 9.88 Å². The molecular formula is C14H19N3O3. The van der Waals surface area contributed by atoms with E-state index in [1.165, 1.54) is 0 Å². The van der Waals surface area contributed by atoms with E-state index in [4.69, 9.17) is 5.11 Å². The van der Waals surface area contributed by atoms with Crippen molar-refractivity contribution in [1.29, 1.82) is 0 Å². The molecule has 0 radical (unpaired) electrons. The second kappa shape index (κ2) is 6.88. The second-order valence-corrected chi connectivity index (χ2v) is 4.82. The average molecular weight is 277 g/mol. The predicted molar refractivity (Wildman–Crippen MR) is 74.5 cm³/mol. The normalized spacial score (nSPS) is 15.2. The van der Waals surface area contributed by atoms with Gasteiger partial charge in [-0.2, -0.15) is 0 Å². The van der Waals surface area contributed by atoms with E-state index in [0.717, 1.165) is 18.8 Å². The summed E-state index contributed by atoms with van der Waals surface area (Å²) >= 11 is 0. The second-order valence-electron chi connectivity index (χ2n) is 4.82. The number of amides is 1. The molecule has 0 saturated carbocycles. The van der Waals surface area contributed by atoms with Gasteiger partial charge in [-0.3, -0.25) is 14.6 Å². The molecule has 1 amide bonds. The predicted octanol–water partition coefficient (Wildman–Crippen LogP) is 0.985. The molecule has 1 saturated heterocycles. The van der Waals surface area contributed by atoms with Crippen molar-refractivity contribution in [3.05, 3.63) is 24.5 Å². The first-order valence-corrected chi connectivity index (χ1v) is 6.81. The van der Waals surface area contributed by atoms with E-state index in [2.05, 4.69) is 9.88 Å².